The van der Waals surface area contributed by atoms with E-state index in [1.165, 1.54) is 6.66 Å². The fourth-order valence-corrected chi connectivity index (χ4v) is 6.39. The third kappa shape index (κ3) is 8.66. The topological polar surface area (TPSA) is 77.4 Å². The van der Waals surface area contributed by atoms with E-state index in [-0.39, 0.29) is 23.6 Å². The average Bonchev–Trinajstić information content (AvgIpc) is 3.72. The van der Waals surface area contributed by atoms with E-state index in [0.717, 1.165) is 46.4 Å². The third-order valence-electron chi connectivity index (χ3n) is 7.12. The molecule has 0 aliphatic heterocycles. The van der Waals surface area contributed by atoms with Crippen LogP contribution < -0.4 is 4.74 Å². The summed E-state index contributed by atoms with van der Waals surface area (Å²) in [5, 5.41) is 0. The maximum atomic E-state index is 12.2. The summed E-state index contributed by atoms with van der Waals surface area (Å²) in [7, 11) is 0.251. The van der Waals surface area contributed by atoms with Crippen LogP contribution in [0.2, 0.25) is 0 Å². The zero-order chi connectivity index (χ0) is 28.8. The van der Waals surface area contributed by atoms with Gasteiger partial charge in [-0.15, -0.1) is 0 Å². The van der Waals surface area contributed by atoms with Crippen LogP contribution in [0.5, 0.6) is 5.75 Å². The molecule has 6 nitrogen and oxygen atoms in total. The minimum atomic E-state index is -3.16. The van der Waals surface area contributed by atoms with E-state index in [1.54, 1.807) is 14.2 Å². The van der Waals surface area contributed by atoms with E-state index < -0.39 is 7.37 Å². The van der Waals surface area contributed by atoms with Crippen LogP contribution in [0.4, 0.5) is 0 Å². The normalized spacial score (nSPS) is 17.7. The molecule has 3 rings (SSSR count). The van der Waals surface area contributed by atoms with Gasteiger partial charge in [-0.1, -0.05) is 51.1 Å². The number of methoxy groups -OCH3 is 2. The number of nitrogens with zero attached hydrogens (tertiary/aromatic N) is 1. The van der Waals surface area contributed by atoms with Crippen molar-refractivity contribution >= 4 is 14.1 Å². The zero-order valence-electron chi connectivity index (χ0n) is 24.4. The third-order valence-corrected chi connectivity index (χ3v) is 8.19. The molecule has 0 amide bonds. The number of hydrogen-bond donors (Lipinski definition) is 1. The van der Waals surface area contributed by atoms with Crippen molar-refractivity contribution in [2.45, 2.75) is 53.2 Å². The number of rotatable bonds is 13. The fraction of sp³-hybridized carbons (Fsp3) is 0.469. The first-order valence-electron chi connectivity index (χ1n) is 13.5. The Labute approximate surface area is 234 Å². The number of aliphatic imine (C=N–C) groups is 1. The molecule has 39 heavy (non-hydrogen) atoms. The van der Waals surface area contributed by atoms with Crippen molar-refractivity contribution in [2.75, 3.05) is 27.0 Å². The van der Waals surface area contributed by atoms with Gasteiger partial charge >= 0.3 is 0 Å². The second-order valence-electron chi connectivity index (χ2n) is 11.5. The van der Waals surface area contributed by atoms with Gasteiger partial charge in [0.05, 0.1) is 13.2 Å². The SMILES string of the molecule is C=N/C(=C\C(=C/C)[C@@H](CP(C)(=O)O)C1CC1)OCc1ccc(-c2cccc(OC)c2)c(C(OC)C(C)(C)C)c1. The molecule has 0 saturated heterocycles. The van der Waals surface area contributed by atoms with Crippen LogP contribution in [-0.2, 0) is 20.6 Å². The molecule has 0 spiro atoms. The average molecular weight is 554 g/mol. The second kappa shape index (κ2) is 13.1. The highest BCUT2D eigenvalue weighted by atomic mass is 31.2. The standard InChI is InChI=1S/C32H44NO5P/c1-9-23(29(24-14-15-24)21-39(8,34)35)19-30(33-5)38-20-22-13-16-27(25-11-10-12-26(18-25)36-6)28(17-22)31(37-7)32(2,3)4/h9-13,16-19,24,29,31H,5,14-15,20-21H2,1-4,6-8H3,(H,34,35)/b23-9+,30-19+/t29-,31?/m1/s1. The van der Waals surface area contributed by atoms with Gasteiger partial charge in [0.15, 0.2) is 7.37 Å². The van der Waals surface area contributed by atoms with Crippen LogP contribution in [0.25, 0.3) is 11.1 Å². The number of hydrogen-bond acceptors (Lipinski definition) is 5. The van der Waals surface area contributed by atoms with E-state index in [4.69, 9.17) is 14.2 Å². The molecule has 7 heteroatoms. The molecular formula is C32H44NO5P. The quantitative estimate of drug-likeness (QED) is 0.118. The Kier molecular flexibility index (Phi) is 10.4. The van der Waals surface area contributed by atoms with E-state index >= 15 is 0 Å². The minimum absolute atomic E-state index is 0.0131. The zero-order valence-corrected chi connectivity index (χ0v) is 25.3. The van der Waals surface area contributed by atoms with Gasteiger partial charge in [0.1, 0.15) is 12.4 Å². The minimum Gasteiger partial charge on any atom is -0.497 e. The van der Waals surface area contributed by atoms with Crippen molar-refractivity contribution in [2.24, 2.45) is 22.2 Å². The maximum Gasteiger partial charge on any atom is 0.213 e. The lowest BCUT2D eigenvalue weighted by Crippen LogP contribution is -2.21. The highest BCUT2D eigenvalue weighted by Crippen LogP contribution is 2.49. The summed E-state index contributed by atoms with van der Waals surface area (Å²) in [6.45, 7) is 13.9. The molecule has 1 N–H and O–H groups in total. The lowest BCUT2D eigenvalue weighted by molar-refractivity contribution is 0.0155. The second-order valence-corrected chi connectivity index (χ2v) is 14.0. The predicted molar refractivity (Wildman–Crippen MR) is 161 cm³/mol. The fourth-order valence-electron chi connectivity index (χ4n) is 5.15. The molecular weight excluding hydrogens is 509 g/mol. The lowest BCUT2D eigenvalue weighted by atomic mass is 9.81. The van der Waals surface area contributed by atoms with E-state index in [2.05, 4.69) is 56.7 Å². The van der Waals surface area contributed by atoms with Crippen LogP contribution in [0, 0.1) is 17.3 Å². The highest BCUT2D eigenvalue weighted by molar-refractivity contribution is 7.57. The molecule has 2 aromatic carbocycles. The van der Waals surface area contributed by atoms with E-state index in [1.807, 2.05) is 37.3 Å². The summed E-state index contributed by atoms with van der Waals surface area (Å²) in [5.74, 6) is 1.63. The smallest absolute Gasteiger partial charge is 0.213 e. The van der Waals surface area contributed by atoms with Crippen LogP contribution in [0.15, 0.2) is 71.1 Å². The Balaban J connectivity index is 1.91. The first-order valence-corrected chi connectivity index (χ1v) is 15.8. The molecule has 0 heterocycles. The Hall–Kier alpha value is -2.66. The molecule has 1 fully saturated rings. The largest absolute Gasteiger partial charge is 0.497 e. The molecule has 3 atom stereocenters. The van der Waals surface area contributed by atoms with E-state index in [0.29, 0.717) is 18.4 Å². The van der Waals surface area contributed by atoms with Crippen molar-refractivity contribution in [3.05, 3.63) is 77.2 Å². The number of benzene rings is 2. The molecule has 1 aliphatic rings. The van der Waals surface area contributed by atoms with Gasteiger partial charge in [0.2, 0.25) is 5.88 Å². The van der Waals surface area contributed by atoms with Crippen LogP contribution in [0.3, 0.4) is 0 Å². The Bertz CT molecular complexity index is 1250. The Morgan fingerprint density at radius 2 is 1.92 bits per heavy atom. The van der Waals surface area contributed by atoms with Crippen molar-refractivity contribution in [1.29, 1.82) is 0 Å². The number of ether oxygens (including phenoxy) is 3. The number of allylic oxidation sites excluding steroid dienone is 3. The van der Waals surface area contributed by atoms with Gasteiger partial charge in [-0.25, -0.2) is 4.99 Å². The molecule has 1 saturated carbocycles. The molecule has 1 aliphatic carbocycles. The van der Waals surface area contributed by atoms with Gasteiger partial charge in [0.25, 0.3) is 0 Å². The summed E-state index contributed by atoms with van der Waals surface area (Å²) >= 11 is 0. The van der Waals surface area contributed by atoms with E-state index in [9.17, 15) is 9.46 Å². The van der Waals surface area contributed by atoms with Crippen LogP contribution in [-0.4, -0.2) is 38.7 Å². The monoisotopic (exact) mass is 553 g/mol. The lowest BCUT2D eigenvalue weighted by Gasteiger charge is -2.32. The van der Waals surface area contributed by atoms with Gasteiger partial charge in [0, 0.05) is 26.0 Å². The van der Waals surface area contributed by atoms with Crippen molar-refractivity contribution in [1.82, 2.24) is 0 Å². The molecule has 0 aromatic heterocycles. The van der Waals surface area contributed by atoms with Gasteiger partial charge in [-0.2, -0.15) is 0 Å². The molecule has 2 aromatic rings. The van der Waals surface area contributed by atoms with Crippen LogP contribution in [0.1, 0.15) is 57.8 Å². The molecule has 212 valence electrons. The summed E-state index contributed by atoms with van der Waals surface area (Å²) in [6.07, 6.45) is 6.11. The molecule has 0 radical (unpaired) electrons. The van der Waals surface area contributed by atoms with Crippen molar-refractivity contribution in [3.8, 4) is 16.9 Å². The first-order chi connectivity index (χ1) is 18.4. The summed E-state index contributed by atoms with van der Waals surface area (Å²) in [4.78, 5) is 14.2. The first kappa shape index (κ1) is 30.9. The Morgan fingerprint density at radius 1 is 1.21 bits per heavy atom. The van der Waals surface area contributed by atoms with Gasteiger partial charge in [-0.05, 0) is 89.8 Å². The Morgan fingerprint density at radius 3 is 2.46 bits per heavy atom. The molecule has 0 bridgehead atoms. The van der Waals surface area contributed by atoms with Crippen molar-refractivity contribution < 1.29 is 23.7 Å². The van der Waals surface area contributed by atoms with Crippen molar-refractivity contribution in [3.63, 3.8) is 0 Å². The maximum absolute atomic E-state index is 12.2. The summed E-state index contributed by atoms with van der Waals surface area (Å²) in [5.41, 5.74) is 5.01. The predicted octanol–water partition coefficient (Wildman–Crippen LogP) is 8.03. The van der Waals surface area contributed by atoms with Crippen LogP contribution >= 0.6 is 7.37 Å². The summed E-state index contributed by atoms with van der Waals surface area (Å²) < 4.78 is 29.8. The highest BCUT2D eigenvalue weighted by Gasteiger charge is 2.36. The molecule has 2 unspecified atom stereocenters. The van der Waals surface area contributed by atoms with Gasteiger partial charge < -0.3 is 19.1 Å². The van der Waals surface area contributed by atoms with Gasteiger partial charge in [-0.3, -0.25) is 4.57 Å². The summed E-state index contributed by atoms with van der Waals surface area (Å²) in [6, 6.07) is 14.3.